The number of Topliss-reactive ketones (excluding diaryl/α,β-unsaturated/α-hetero) is 1. The van der Waals surface area contributed by atoms with Crippen LogP contribution in [0.5, 0.6) is 5.75 Å². The number of benzene rings is 2. The molecule has 196 valence electrons. The lowest BCUT2D eigenvalue weighted by Crippen LogP contribution is -2.32. The molecule has 1 aromatic heterocycles. The van der Waals surface area contributed by atoms with Crippen molar-refractivity contribution in [3.05, 3.63) is 86.8 Å². The van der Waals surface area contributed by atoms with Gasteiger partial charge in [-0.3, -0.25) is 9.59 Å². The van der Waals surface area contributed by atoms with Crippen LogP contribution in [0, 0.1) is 11.3 Å². The second kappa shape index (κ2) is 12.1. The smallest absolute Gasteiger partial charge is 0.335 e. The van der Waals surface area contributed by atoms with Crippen LogP contribution in [0.15, 0.2) is 59.5 Å². The third-order valence-corrected chi connectivity index (χ3v) is 6.98. The van der Waals surface area contributed by atoms with Crippen molar-refractivity contribution in [1.82, 2.24) is 4.57 Å². The van der Waals surface area contributed by atoms with Crippen molar-refractivity contribution in [2.45, 2.75) is 44.2 Å². The molecular formula is C29H27ClN2O6. The lowest BCUT2D eigenvalue weighted by molar-refractivity contribution is -0.122. The quantitative estimate of drug-likeness (QED) is 0.365. The van der Waals surface area contributed by atoms with Gasteiger partial charge >= 0.3 is 5.97 Å². The van der Waals surface area contributed by atoms with Crippen LogP contribution in [-0.2, 0) is 16.0 Å². The Morgan fingerprint density at radius 3 is 2.50 bits per heavy atom. The number of carboxylic acids is 1. The van der Waals surface area contributed by atoms with Crippen LogP contribution < -0.4 is 10.3 Å². The number of aromatic nitrogens is 1. The maximum atomic E-state index is 13.5. The molecule has 1 unspecified atom stereocenters. The van der Waals surface area contributed by atoms with Gasteiger partial charge in [-0.05, 0) is 61.6 Å². The van der Waals surface area contributed by atoms with Crippen LogP contribution in [-0.4, -0.2) is 41.2 Å². The number of methoxy groups -OCH3 is 1. The lowest BCUT2D eigenvalue weighted by atomic mass is 9.96. The van der Waals surface area contributed by atoms with Gasteiger partial charge in [0.15, 0.2) is 5.78 Å². The molecule has 1 fully saturated rings. The van der Waals surface area contributed by atoms with Gasteiger partial charge in [0.1, 0.15) is 5.75 Å². The number of hydrogen-bond donors (Lipinski definition) is 1. The number of ether oxygens (including phenoxy) is 2. The van der Waals surface area contributed by atoms with E-state index < -0.39 is 17.6 Å². The Bertz CT molecular complexity index is 1440. The van der Waals surface area contributed by atoms with E-state index >= 15 is 0 Å². The molecule has 4 rings (SSSR count). The maximum Gasteiger partial charge on any atom is 0.335 e. The molecule has 1 aliphatic rings. The molecule has 8 nitrogen and oxygen atoms in total. The average molecular weight is 535 g/mol. The number of hydrogen-bond acceptors (Lipinski definition) is 6. The number of pyridine rings is 1. The Labute approximate surface area is 225 Å². The summed E-state index contributed by atoms with van der Waals surface area (Å²) >= 11 is 6.16. The minimum atomic E-state index is -1.05. The molecule has 0 amide bonds. The molecule has 1 heterocycles. The second-order valence-corrected chi connectivity index (χ2v) is 9.61. The fourth-order valence-electron chi connectivity index (χ4n) is 4.41. The SMILES string of the molecule is COc1cn(C(CCOC2CCC2)C(=O)Cc2ccc(C(=O)O)cc2)c(=O)cc1-c1cc(Cl)ccc1C#N. The average Bonchev–Trinajstić information content (AvgIpc) is 2.88. The van der Waals surface area contributed by atoms with Gasteiger partial charge in [-0.2, -0.15) is 5.26 Å². The molecular weight excluding hydrogens is 508 g/mol. The summed E-state index contributed by atoms with van der Waals surface area (Å²) in [6.07, 6.45) is 5.04. The zero-order valence-electron chi connectivity index (χ0n) is 20.9. The summed E-state index contributed by atoms with van der Waals surface area (Å²) < 4.78 is 12.8. The monoisotopic (exact) mass is 534 g/mol. The van der Waals surface area contributed by atoms with Crippen molar-refractivity contribution in [1.29, 1.82) is 5.26 Å². The number of carbonyl (C=O) groups excluding carboxylic acids is 1. The summed E-state index contributed by atoms with van der Waals surface area (Å²) in [6.45, 7) is 0.308. The summed E-state index contributed by atoms with van der Waals surface area (Å²) in [6, 6.07) is 13.5. The van der Waals surface area contributed by atoms with Gasteiger partial charge in [-0.1, -0.05) is 23.7 Å². The number of halogens is 1. The van der Waals surface area contributed by atoms with Gasteiger partial charge in [0.05, 0.1) is 42.6 Å². The number of carboxylic acid groups (broad SMARTS) is 1. The van der Waals surface area contributed by atoms with E-state index in [9.17, 15) is 19.6 Å². The zero-order valence-corrected chi connectivity index (χ0v) is 21.6. The lowest BCUT2D eigenvalue weighted by Gasteiger charge is -2.27. The van der Waals surface area contributed by atoms with E-state index in [1.807, 2.05) is 0 Å². The molecule has 0 saturated heterocycles. The summed E-state index contributed by atoms with van der Waals surface area (Å²) in [4.78, 5) is 38.1. The predicted octanol–water partition coefficient (Wildman–Crippen LogP) is 5.06. The molecule has 0 aliphatic heterocycles. The molecule has 38 heavy (non-hydrogen) atoms. The topological polar surface area (TPSA) is 119 Å². The first-order valence-corrected chi connectivity index (χ1v) is 12.6. The highest BCUT2D eigenvalue weighted by molar-refractivity contribution is 6.31. The van der Waals surface area contributed by atoms with E-state index in [4.69, 9.17) is 26.2 Å². The van der Waals surface area contributed by atoms with Crippen LogP contribution >= 0.6 is 11.6 Å². The Morgan fingerprint density at radius 1 is 1.16 bits per heavy atom. The van der Waals surface area contributed by atoms with E-state index in [1.165, 1.54) is 36.1 Å². The van der Waals surface area contributed by atoms with Crippen molar-refractivity contribution in [2.24, 2.45) is 0 Å². The van der Waals surface area contributed by atoms with Crippen molar-refractivity contribution < 1.29 is 24.2 Å². The van der Waals surface area contributed by atoms with E-state index in [0.29, 0.717) is 39.6 Å². The number of nitrogens with zero attached hydrogens (tertiary/aromatic N) is 2. The summed E-state index contributed by atoms with van der Waals surface area (Å²) in [5.41, 5.74) is 1.51. The largest absolute Gasteiger partial charge is 0.495 e. The molecule has 1 saturated carbocycles. The summed E-state index contributed by atoms with van der Waals surface area (Å²) in [5, 5.41) is 19.1. The van der Waals surface area contributed by atoms with E-state index in [2.05, 4.69) is 6.07 Å². The molecule has 0 bridgehead atoms. The molecule has 2 aromatic carbocycles. The number of rotatable bonds is 11. The molecule has 0 radical (unpaired) electrons. The van der Waals surface area contributed by atoms with Gasteiger partial charge < -0.3 is 19.1 Å². The number of ketones is 1. The second-order valence-electron chi connectivity index (χ2n) is 9.18. The predicted molar refractivity (Wildman–Crippen MR) is 142 cm³/mol. The van der Waals surface area contributed by atoms with E-state index in [0.717, 1.165) is 19.3 Å². The van der Waals surface area contributed by atoms with Gasteiger partial charge in [-0.15, -0.1) is 0 Å². The first-order valence-electron chi connectivity index (χ1n) is 12.3. The highest BCUT2D eigenvalue weighted by Gasteiger charge is 2.26. The van der Waals surface area contributed by atoms with Crippen LogP contribution in [0.1, 0.15) is 53.2 Å². The van der Waals surface area contributed by atoms with E-state index in [-0.39, 0.29) is 30.3 Å². The Morgan fingerprint density at radius 2 is 1.89 bits per heavy atom. The van der Waals surface area contributed by atoms with Crippen LogP contribution in [0.2, 0.25) is 5.02 Å². The van der Waals surface area contributed by atoms with Crippen molar-refractivity contribution in [2.75, 3.05) is 13.7 Å². The number of nitriles is 1. The molecule has 1 atom stereocenters. The standard InChI is InChI=1S/C29H27ClN2O6/c1-37-27-17-32(28(34)15-24(27)23-14-21(30)10-9-20(23)16-31)25(11-12-38-22-3-2-4-22)26(33)13-18-5-7-19(8-6-18)29(35)36/h5-10,14-15,17,22,25H,2-4,11-13H2,1H3,(H,35,36). The van der Waals surface area contributed by atoms with Crippen molar-refractivity contribution >= 4 is 23.4 Å². The van der Waals surface area contributed by atoms with Gasteiger partial charge in [0.2, 0.25) is 0 Å². The fraction of sp³-hybridized carbons (Fsp3) is 0.310. The first-order chi connectivity index (χ1) is 18.3. The molecule has 9 heteroatoms. The van der Waals surface area contributed by atoms with Gasteiger partial charge in [-0.25, -0.2) is 4.79 Å². The van der Waals surface area contributed by atoms with Gasteiger partial charge in [0.25, 0.3) is 5.56 Å². The van der Waals surface area contributed by atoms with Crippen LogP contribution in [0.4, 0.5) is 0 Å². The zero-order chi connectivity index (χ0) is 27.2. The number of carbonyl (C=O) groups is 2. The first kappa shape index (κ1) is 27.1. The van der Waals surface area contributed by atoms with Crippen LogP contribution in [0.25, 0.3) is 11.1 Å². The normalized spacial score (nSPS) is 13.8. The third-order valence-electron chi connectivity index (χ3n) is 6.74. The Hall–Kier alpha value is -3.93. The van der Waals surface area contributed by atoms with Crippen molar-refractivity contribution in [3.8, 4) is 22.9 Å². The molecule has 3 aromatic rings. The Balaban J connectivity index is 1.68. The summed E-state index contributed by atoms with van der Waals surface area (Å²) in [7, 11) is 1.45. The molecule has 1 aliphatic carbocycles. The highest BCUT2D eigenvalue weighted by Crippen LogP contribution is 2.34. The van der Waals surface area contributed by atoms with E-state index in [1.54, 1.807) is 30.3 Å². The highest BCUT2D eigenvalue weighted by atomic mass is 35.5. The maximum absolute atomic E-state index is 13.5. The van der Waals surface area contributed by atoms with Crippen molar-refractivity contribution in [3.63, 3.8) is 0 Å². The fourth-order valence-corrected chi connectivity index (χ4v) is 4.58. The number of aromatic carboxylic acids is 1. The van der Waals surface area contributed by atoms with Gasteiger partial charge in [0, 0.05) is 35.2 Å². The minimum Gasteiger partial charge on any atom is -0.495 e. The van der Waals surface area contributed by atoms with Crippen LogP contribution in [0.3, 0.4) is 0 Å². The molecule has 0 spiro atoms. The minimum absolute atomic E-state index is 0.0113. The Kier molecular flexibility index (Phi) is 8.62. The summed E-state index contributed by atoms with van der Waals surface area (Å²) in [5.74, 6) is -0.957. The third kappa shape index (κ3) is 6.13. The molecule has 1 N–H and O–H groups in total.